The van der Waals surface area contributed by atoms with Crippen molar-refractivity contribution in [2.45, 2.75) is 6.42 Å². The first-order chi connectivity index (χ1) is 6.72. The smallest absolute Gasteiger partial charge is 0.0778 e. The summed E-state index contributed by atoms with van der Waals surface area (Å²) in [6.45, 7) is 0. The molecule has 0 amide bonds. The van der Waals surface area contributed by atoms with Crippen molar-refractivity contribution >= 4 is 34.8 Å². The van der Waals surface area contributed by atoms with Gasteiger partial charge in [0.15, 0.2) is 0 Å². The van der Waals surface area contributed by atoms with Gasteiger partial charge in [0, 0.05) is 25.8 Å². The topological polar surface area (TPSA) is 0 Å². The quantitative estimate of drug-likeness (QED) is 0.288. The zero-order valence-electron chi connectivity index (χ0n) is 8.81. The molecular formula is C12H11Cl3Hf-2. The van der Waals surface area contributed by atoms with Crippen LogP contribution in [0.25, 0.3) is 0 Å². The van der Waals surface area contributed by atoms with Gasteiger partial charge in [-0.25, -0.2) is 12.2 Å². The average molecular weight is 440 g/mol. The number of allylic oxidation sites excluding steroid dienone is 4. The maximum atomic E-state index is 5.61. The summed E-state index contributed by atoms with van der Waals surface area (Å²) in [5.41, 5.74) is 0. The molecule has 0 fully saturated rings. The fraction of sp³-hybridized carbons (Fsp3) is 0.0833. The Hall–Kier alpha value is 0.440. The molecule has 1 aliphatic rings. The second kappa shape index (κ2) is 10.6. The molecular weight excluding hydrogens is 429 g/mol. The zero-order valence-corrected chi connectivity index (χ0v) is 14.7. The molecule has 86 valence electrons. The summed E-state index contributed by atoms with van der Waals surface area (Å²) in [6, 6.07) is 5.13. The molecule has 4 heteroatoms. The molecule has 0 nitrogen and oxygen atoms in total. The molecule has 0 unspecified atom stereocenters. The van der Waals surface area contributed by atoms with Crippen molar-refractivity contribution < 1.29 is 25.8 Å². The van der Waals surface area contributed by atoms with Gasteiger partial charge in [-0.05, 0) is 12.1 Å². The zero-order chi connectivity index (χ0) is 10.4. The van der Waals surface area contributed by atoms with E-state index in [0.29, 0.717) is 15.1 Å². The third-order valence-electron chi connectivity index (χ3n) is 1.49. The van der Waals surface area contributed by atoms with Crippen molar-refractivity contribution in [3.63, 3.8) is 0 Å². The summed E-state index contributed by atoms with van der Waals surface area (Å²) in [4.78, 5) is 0. The van der Waals surface area contributed by atoms with E-state index in [4.69, 9.17) is 34.8 Å². The fourth-order valence-electron chi connectivity index (χ4n) is 0.818. The van der Waals surface area contributed by atoms with Crippen LogP contribution in [-0.2, 0) is 25.8 Å². The second-order valence-electron chi connectivity index (χ2n) is 2.54. The molecule has 0 saturated heterocycles. The van der Waals surface area contributed by atoms with Crippen molar-refractivity contribution in [2.24, 2.45) is 0 Å². The first-order valence-electron chi connectivity index (χ1n) is 4.03. The molecule has 0 spiro atoms. The third kappa shape index (κ3) is 6.90. The maximum absolute atomic E-state index is 5.61. The van der Waals surface area contributed by atoms with Crippen molar-refractivity contribution in [3.8, 4) is 0 Å². The minimum atomic E-state index is 0. The van der Waals surface area contributed by atoms with E-state index >= 15 is 0 Å². The predicted octanol–water partition coefficient (Wildman–Crippen LogP) is 5.40. The van der Waals surface area contributed by atoms with Crippen LogP contribution in [0, 0.1) is 13.5 Å². The van der Waals surface area contributed by atoms with E-state index in [9.17, 15) is 0 Å². The van der Waals surface area contributed by atoms with Crippen LogP contribution in [0.15, 0.2) is 36.4 Å². The van der Waals surface area contributed by atoms with E-state index in [1.807, 2.05) is 12.2 Å². The van der Waals surface area contributed by atoms with Crippen molar-refractivity contribution in [1.82, 2.24) is 0 Å². The molecule has 1 aromatic carbocycles. The molecule has 0 aromatic heterocycles. The van der Waals surface area contributed by atoms with Gasteiger partial charge in [0.25, 0.3) is 0 Å². The van der Waals surface area contributed by atoms with Gasteiger partial charge in [0.1, 0.15) is 0 Å². The first kappa shape index (κ1) is 18.8. The summed E-state index contributed by atoms with van der Waals surface area (Å²) >= 11 is 16.8. The first-order valence-corrected chi connectivity index (χ1v) is 5.16. The minimum Gasteiger partial charge on any atom is -0.358 e. The summed E-state index contributed by atoms with van der Waals surface area (Å²) in [5, 5.41) is 1.40. The van der Waals surface area contributed by atoms with Gasteiger partial charge in [-0.1, -0.05) is 40.9 Å². The van der Waals surface area contributed by atoms with Crippen LogP contribution in [0.4, 0.5) is 0 Å². The Balaban J connectivity index is 0. The SMILES string of the molecule is Clc1cccc(Cl)c1Cl.[C-]1=CC=CC1.[CH3-].[Hf]. The standard InChI is InChI=1S/C6H3Cl3.C5H5.CH3.Hf/c7-4-2-1-3-5(8)6(4)9;1-2-4-5-3-1;;/h1-3H;1-3H,4H2;1H3;/q;2*-1;. The summed E-state index contributed by atoms with van der Waals surface area (Å²) < 4.78 is 0. The van der Waals surface area contributed by atoms with Gasteiger partial charge < -0.3 is 7.43 Å². The Morgan fingerprint density at radius 1 is 1.06 bits per heavy atom. The monoisotopic (exact) mass is 440 g/mol. The normalized spacial score (nSPS) is 10.9. The Kier molecular flexibility index (Phi) is 12.4. The van der Waals surface area contributed by atoms with E-state index in [1.165, 1.54) is 0 Å². The minimum absolute atomic E-state index is 0. The predicted molar refractivity (Wildman–Crippen MR) is 69.5 cm³/mol. The van der Waals surface area contributed by atoms with Crippen LogP contribution < -0.4 is 0 Å². The van der Waals surface area contributed by atoms with Crippen LogP contribution in [0.3, 0.4) is 0 Å². The van der Waals surface area contributed by atoms with E-state index in [0.717, 1.165) is 6.42 Å². The van der Waals surface area contributed by atoms with Gasteiger partial charge in [-0.3, -0.25) is 6.08 Å². The largest absolute Gasteiger partial charge is 0.358 e. The molecule has 0 radical (unpaired) electrons. The van der Waals surface area contributed by atoms with Gasteiger partial charge >= 0.3 is 0 Å². The summed E-state index contributed by atoms with van der Waals surface area (Å²) in [7, 11) is 0. The Bertz CT molecular complexity index is 329. The van der Waals surface area contributed by atoms with Crippen molar-refractivity contribution in [1.29, 1.82) is 0 Å². The van der Waals surface area contributed by atoms with Crippen molar-refractivity contribution in [3.05, 3.63) is 65.0 Å². The Morgan fingerprint density at radius 2 is 1.62 bits per heavy atom. The van der Waals surface area contributed by atoms with E-state index in [2.05, 4.69) is 12.2 Å². The number of rotatable bonds is 0. The Labute approximate surface area is 131 Å². The van der Waals surface area contributed by atoms with E-state index in [1.54, 1.807) is 18.2 Å². The Morgan fingerprint density at radius 3 is 1.88 bits per heavy atom. The van der Waals surface area contributed by atoms with Crippen LogP contribution in [-0.4, -0.2) is 0 Å². The molecule has 0 saturated carbocycles. The molecule has 0 atom stereocenters. The molecule has 0 aliphatic heterocycles. The number of halogens is 3. The molecule has 16 heavy (non-hydrogen) atoms. The van der Waals surface area contributed by atoms with Gasteiger partial charge in [-0.15, -0.1) is 6.42 Å². The molecule has 2 rings (SSSR count). The summed E-state index contributed by atoms with van der Waals surface area (Å²) in [5.74, 6) is 0. The van der Waals surface area contributed by atoms with Gasteiger partial charge in [0.05, 0.1) is 15.1 Å². The number of hydrogen-bond donors (Lipinski definition) is 0. The maximum Gasteiger partial charge on any atom is 0.0778 e. The molecule has 0 bridgehead atoms. The van der Waals surface area contributed by atoms with Crippen LogP contribution in [0.2, 0.25) is 15.1 Å². The number of benzene rings is 1. The number of hydrogen-bond acceptors (Lipinski definition) is 0. The van der Waals surface area contributed by atoms with E-state index < -0.39 is 0 Å². The van der Waals surface area contributed by atoms with Crippen molar-refractivity contribution in [2.75, 3.05) is 0 Å². The average Bonchev–Trinajstić information content (AvgIpc) is 2.72. The van der Waals surface area contributed by atoms with Crippen LogP contribution in [0.1, 0.15) is 6.42 Å². The molecule has 1 aromatic rings. The summed E-state index contributed by atoms with van der Waals surface area (Å²) in [6.07, 6.45) is 10.0. The van der Waals surface area contributed by atoms with Gasteiger partial charge in [-0.2, -0.15) is 6.08 Å². The molecule has 0 heterocycles. The molecule has 1 aliphatic carbocycles. The molecule has 0 N–H and O–H groups in total. The second-order valence-corrected chi connectivity index (χ2v) is 3.73. The fourth-order valence-corrected chi connectivity index (χ4v) is 1.34. The third-order valence-corrected chi connectivity index (χ3v) is 2.72. The van der Waals surface area contributed by atoms with Crippen LogP contribution >= 0.6 is 34.8 Å². The van der Waals surface area contributed by atoms with Gasteiger partial charge in [0.2, 0.25) is 0 Å². The van der Waals surface area contributed by atoms with Crippen LogP contribution in [0.5, 0.6) is 0 Å². The van der Waals surface area contributed by atoms with E-state index in [-0.39, 0.29) is 33.3 Å².